The van der Waals surface area contributed by atoms with Crippen molar-refractivity contribution < 1.29 is 15.0 Å². The third-order valence-electron chi connectivity index (χ3n) is 4.26. The zero-order valence-electron chi connectivity index (χ0n) is 12.1. The van der Waals surface area contributed by atoms with Crippen molar-refractivity contribution >= 4 is 11.7 Å². The van der Waals surface area contributed by atoms with Crippen molar-refractivity contribution in [3.05, 3.63) is 29.3 Å². The lowest BCUT2D eigenvalue weighted by Gasteiger charge is -2.40. The molecule has 2 atom stereocenters. The Bertz CT molecular complexity index is 500. The fourth-order valence-corrected chi connectivity index (χ4v) is 3.24. The molecule has 1 saturated carbocycles. The Morgan fingerprint density at radius 2 is 2.25 bits per heavy atom. The van der Waals surface area contributed by atoms with Crippen LogP contribution in [-0.4, -0.2) is 28.3 Å². The molecule has 0 aliphatic heterocycles. The van der Waals surface area contributed by atoms with E-state index in [0.717, 1.165) is 30.5 Å². The number of carboxylic acid groups (broad SMARTS) is 1. The number of benzene rings is 1. The number of anilines is 1. The van der Waals surface area contributed by atoms with E-state index < -0.39 is 5.97 Å². The molecule has 1 fully saturated rings. The van der Waals surface area contributed by atoms with Crippen LogP contribution in [0.5, 0.6) is 0 Å². The summed E-state index contributed by atoms with van der Waals surface area (Å²) in [6, 6.07) is 5.25. The van der Waals surface area contributed by atoms with Crippen molar-refractivity contribution in [3.8, 4) is 0 Å². The fraction of sp³-hybridized carbons (Fsp3) is 0.562. The van der Waals surface area contributed by atoms with Crippen LogP contribution in [0.15, 0.2) is 18.2 Å². The Hall–Kier alpha value is -1.55. The Kier molecular flexibility index (Phi) is 4.33. The molecule has 0 saturated heterocycles. The maximum absolute atomic E-state index is 11.0. The average Bonchev–Trinajstić information content (AvgIpc) is 2.38. The predicted molar refractivity (Wildman–Crippen MR) is 79.2 cm³/mol. The number of aromatic carboxylic acids is 1. The smallest absolute Gasteiger partial charge is 0.335 e. The van der Waals surface area contributed by atoms with Crippen LogP contribution in [0.4, 0.5) is 5.69 Å². The summed E-state index contributed by atoms with van der Waals surface area (Å²) in [4.78, 5) is 11.0. The Labute approximate surface area is 119 Å². The van der Waals surface area contributed by atoms with Gasteiger partial charge in [0.2, 0.25) is 0 Å². The molecule has 0 aromatic heterocycles. The zero-order valence-corrected chi connectivity index (χ0v) is 12.1. The molecular formula is C16H23NO3. The molecule has 0 heterocycles. The standard InChI is InChI=1S/C16H23NO3/c1-11-4-3-7-16(9-11,10-18)17-13-5-6-14(15(19)20)12(2)8-13/h5-6,8,11,17-18H,3-4,7,9-10H2,1-2H3,(H,19,20). The molecule has 1 aromatic carbocycles. The average molecular weight is 277 g/mol. The minimum atomic E-state index is -0.905. The van der Waals surface area contributed by atoms with Gasteiger partial charge in [-0.15, -0.1) is 0 Å². The quantitative estimate of drug-likeness (QED) is 0.791. The molecule has 2 rings (SSSR count). The number of aliphatic hydroxyl groups is 1. The van der Waals surface area contributed by atoms with Crippen LogP contribution in [0.25, 0.3) is 0 Å². The molecule has 3 N–H and O–H groups in total. The van der Waals surface area contributed by atoms with Gasteiger partial charge in [0.05, 0.1) is 17.7 Å². The highest BCUT2D eigenvalue weighted by Gasteiger charge is 2.34. The van der Waals surface area contributed by atoms with Crippen molar-refractivity contribution in [1.29, 1.82) is 0 Å². The van der Waals surface area contributed by atoms with Gasteiger partial charge in [-0.3, -0.25) is 0 Å². The lowest BCUT2D eigenvalue weighted by molar-refractivity contribution is 0.0696. The van der Waals surface area contributed by atoms with Crippen LogP contribution in [0.2, 0.25) is 0 Å². The van der Waals surface area contributed by atoms with Crippen molar-refractivity contribution in [3.63, 3.8) is 0 Å². The van der Waals surface area contributed by atoms with Gasteiger partial charge < -0.3 is 15.5 Å². The molecule has 110 valence electrons. The highest BCUT2D eigenvalue weighted by atomic mass is 16.4. The minimum Gasteiger partial charge on any atom is -0.478 e. The highest BCUT2D eigenvalue weighted by molar-refractivity contribution is 5.89. The summed E-state index contributed by atoms with van der Waals surface area (Å²) in [5.41, 5.74) is 1.68. The molecule has 20 heavy (non-hydrogen) atoms. The third-order valence-corrected chi connectivity index (χ3v) is 4.26. The van der Waals surface area contributed by atoms with E-state index in [4.69, 9.17) is 5.11 Å². The van der Waals surface area contributed by atoms with Crippen molar-refractivity contribution in [2.75, 3.05) is 11.9 Å². The number of hydrogen-bond acceptors (Lipinski definition) is 3. The van der Waals surface area contributed by atoms with Gasteiger partial charge >= 0.3 is 5.97 Å². The largest absolute Gasteiger partial charge is 0.478 e. The minimum absolute atomic E-state index is 0.108. The summed E-state index contributed by atoms with van der Waals surface area (Å²) in [5, 5.41) is 22.3. The SMILES string of the molecule is Cc1cc(NC2(CO)CCCC(C)C2)ccc1C(=O)O. The first-order valence-electron chi connectivity index (χ1n) is 7.19. The molecule has 0 spiro atoms. The molecule has 4 heteroatoms. The van der Waals surface area contributed by atoms with E-state index in [-0.39, 0.29) is 12.1 Å². The maximum atomic E-state index is 11.0. The second-order valence-corrected chi connectivity index (χ2v) is 6.10. The molecule has 1 aliphatic rings. The number of carboxylic acids is 1. The van der Waals surface area contributed by atoms with Gasteiger partial charge in [-0.05, 0) is 49.4 Å². The van der Waals surface area contributed by atoms with Crippen LogP contribution >= 0.6 is 0 Å². The zero-order chi connectivity index (χ0) is 14.8. The van der Waals surface area contributed by atoms with Gasteiger partial charge in [0.15, 0.2) is 0 Å². The summed E-state index contributed by atoms with van der Waals surface area (Å²) in [7, 11) is 0. The van der Waals surface area contributed by atoms with E-state index in [1.165, 1.54) is 6.42 Å². The van der Waals surface area contributed by atoms with Crippen molar-refractivity contribution in [2.24, 2.45) is 5.92 Å². The highest BCUT2D eigenvalue weighted by Crippen LogP contribution is 2.35. The molecule has 1 aliphatic carbocycles. The number of aryl methyl sites for hydroxylation is 1. The van der Waals surface area contributed by atoms with Gasteiger partial charge in [0.1, 0.15) is 0 Å². The van der Waals surface area contributed by atoms with Crippen LogP contribution in [-0.2, 0) is 0 Å². The number of carbonyl (C=O) groups is 1. The molecular weight excluding hydrogens is 254 g/mol. The number of nitrogens with one attached hydrogen (secondary N) is 1. The van der Waals surface area contributed by atoms with E-state index in [1.807, 2.05) is 6.07 Å². The van der Waals surface area contributed by atoms with Gasteiger partial charge in [-0.1, -0.05) is 19.8 Å². The number of hydrogen-bond donors (Lipinski definition) is 3. The normalized spacial score (nSPS) is 26.2. The number of rotatable bonds is 4. The first-order valence-corrected chi connectivity index (χ1v) is 7.19. The van der Waals surface area contributed by atoms with Crippen LogP contribution < -0.4 is 5.32 Å². The summed E-state index contributed by atoms with van der Waals surface area (Å²) in [6.45, 7) is 4.12. The summed E-state index contributed by atoms with van der Waals surface area (Å²) >= 11 is 0. The summed E-state index contributed by atoms with van der Waals surface area (Å²) < 4.78 is 0. The lowest BCUT2D eigenvalue weighted by Crippen LogP contribution is -2.45. The first kappa shape index (κ1) is 14.9. The molecule has 1 aromatic rings. The van der Waals surface area contributed by atoms with Gasteiger partial charge in [-0.25, -0.2) is 4.79 Å². The topological polar surface area (TPSA) is 69.6 Å². The van der Waals surface area contributed by atoms with E-state index >= 15 is 0 Å². The van der Waals surface area contributed by atoms with Crippen LogP contribution in [0, 0.1) is 12.8 Å². The lowest BCUT2D eigenvalue weighted by atomic mass is 9.76. The second-order valence-electron chi connectivity index (χ2n) is 6.10. The van der Waals surface area contributed by atoms with Crippen LogP contribution in [0.1, 0.15) is 48.5 Å². The molecule has 0 amide bonds. The van der Waals surface area contributed by atoms with Crippen LogP contribution in [0.3, 0.4) is 0 Å². The van der Waals surface area contributed by atoms with E-state index in [0.29, 0.717) is 11.5 Å². The van der Waals surface area contributed by atoms with Gasteiger partial charge in [-0.2, -0.15) is 0 Å². The first-order chi connectivity index (χ1) is 9.46. The van der Waals surface area contributed by atoms with E-state index in [1.54, 1.807) is 19.1 Å². The van der Waals surface area contributed by atoms with E-state index in [2.05, 4.69) is 12.2 Å². The van der Waals surface area contributed by atoms with Crippen molar-refractivity contribution in [2.45, 2.75) is 45.1 Å². The summed E-state index contributed by atoms with van der Waals surface area (Å²) in [6.07, 6.45) is 4.22. The second kappa shape index (κ2) is 5.83. The third kappa shape index (κ3) is 3.12. The number of aliphatic hydroxyl groups excluding tert-OH is 1. The van der Waals surface area contributed by atoms with Gasteiger partial charge in [0, 0.05) is 5.69 Å². The summed E-state index contributed by atoms with van der Waals surface area (Å²) in [5.74, 6) is -0.306. The van der Waals surface area contributed by atoms with E-state index in [9.17, 15) is 9.90 Å². The predicted octanol–water partition coefficient (Wildman–Crippen LogP) is 3.05. The molecule has 2 unspecified atom stereocenters. The Morgan fingerprint density at radius 3 is 2.80 bits per heavy atom. The molecule has 0 radical (unpaired) electrons. The van der Waals surface area contributed by atoms with Gasteiger partial charge in [0.25, 0.3) is 0 Å². The maximum Gasteiger partial charge on any atom is 0.335 e. The fourth-order valence-electron chi connectivity index (χ4n) is 3.24. The van der Waals surface area contributed by atoms with Crippen molar-refractivity contribution in [1.82, 2.24) is 0 Å². The monoisotopic (exact) mass is 277 g/mol. The molecule has 0 bridgehead atoms. The molecule has 4 nitrogen and oxygen atoms in total. The Morgan fingerprint density at radius 1 is 1.50 bits per heavy atom. The Balaban J connectivity index is 2.19.